The summed E-state index contributed by atoms with van der Waals surface area (Å²) in [6.45, 7) is 0.200. The second-order valence-electron chi connectivity index (χ2n) is 7.90. The molecule has 2 aromatic heterocycles. The predicted octanol–water partition coefficient (Wildman–Crippen LogP) is 3.99. The van der Waals surface area contributed by atoms with Crippen LogP contribution in [0.25, 0.3) is 16.9 Å². The topological polar surface area (TPSA) is 98.1 Å². The fourth-order valence-corrected chi connectivity index (χ4v) is 3.76. The van der Waals surface area contributed by atoms with Gasteiger partial charge in [0.15, 0.2) is 12.4 Å². The molecule has 2 atom stereocenters. The molecule has 35 heavy (non-hydrogen) atoms. The first kappa shape index (κ1) is 24.5. The van der Waals surface area contributed by atoms with Gasteiger partial charge in [-0.25, -0.2) is 9.07 Å². The van der Waals surface area contributed by atoms with Crippen molar-refractivity contribution in [1.82, 2.24) is 20.1 Å². The van der Waals surface area contributed by atoms with Crippen LogP contribution < -0.4 is 15.4 Å². The number of aromatic nitrogens is 3. The predicted molar refractivity (Wildman–Crippen MR) is 118 cm³/mol. The van der Waals surface area contributed by atoms with E-state index in [9.17, 15) is 27.2 Å². The maximum absolute atomic E-state index is 14.3. The Bertz CT molecular complexity index is 1280. The van der Waals surface area contributed by atoms with Crippen LogP contribution in [0.4, 0.5) is 23.4 Å². The molecule has 1 aliphatic heterocycles. The average molecular weight is 512 g/mol. The summed E-state index contributed by atoms with van der Waals surface area (Å²) >= 11 is 6.04. The molecule has 3 aromatic rings. The number of nitrogens with zero attached hydrogens (tertiary/aromatic N) is 3. The highest BCUT2D eigenvalue weighted by molar-refractivity contribution is 6.30. The van der Waals surface area contributed by atoms with Gasteiger partial charge in [-0.2, -0.15) is 13.2 Å². The maximum atomic E-state index is 14.3. The zero-order valence-electron chi connectivity index (χ0n) is 18.1. The van der Waals surface area contributed by atoms with Gasteiger partial charge in [-0.15, -0.1) is 5.10 Å². The number of carbonyl (C=O) groups is 2. The molecule has 0 spiro atoms. The number of benzene rings is 1. The van der Waals surface area contributed by atoms with Gasteiger partial charge in [0.25, 0.3) is 0 Å². The summed E-state index contributed by atoms with van der Waals surface area (Å²) in [5.74, 6) is -2.97. The number of ether oxygens (including phenoxy) is 1. The number of alkyl halides is 3. The number of carbonyl (C=O) groups excluding carboxylic acids is 2. The van der Waals surface area contributed by atoms with E-state index in [1.165, 1.54) is 35.3 Å². The van der Waals surface area contributed by atoms with E-state index in [1.54, 1.807) is 6.92 Å². The van der Waals surface area contributed by atoms with Gasteiger partial charge in [0.05, 0.1) is 28.5 Å². The number of amides is 2. The Balaban J connectivity index is 1.72. The summed E-state index contributed by atoms with van der Waals surface area (Å²) in [5, 5.41) is 9.85. The molecule has 1 aliphatic rings. The second-order valence-corrected chi connectivity index (χ2v) is 8.33. The Labute approximate surface area is 201 Å². The van der Waals surface area contributed by atoms with Crippen molar-refractivity contribution in [1.29, 1.82) is 0 Å². The van der Waals surface area contributed by atoms with Crippen LogP contribution in [0.3, 0.4) is 0 Å². The highest BCUT2D eigenvalue weighted by Crippen LogP contribution is 2.31. The fourth-order valence-electron chi connectivity index (χ4n) is 3.59. The fraction of sp³-hybridized carbons (Fsp3) is 0.273. The van der Waals surface area contributed by atoms with Crippen LogP contribution in [0.1, 0.15) is 6.92 Å². The third-order valence-corrected chi connectivity index (χ3v) is 5.52. The van der Waals surface area contributed by atoms with Crippen molar-refractivity contribution in [3.8, 4) is 22.7 Å². The molecule has 8 nitrogen and oxygen atoms in total. The normalized spacial score (nSPS) is 17.8. The van der Waals surface area contributed by atoms with Crippen LogP contribution in [0, 0.1) is 17.7 Å². The number of anilines is 1. The van der Waals surface area contributed by atoms with Crippen molar-refractivity contribution >= 4 is 29.2 Å². The molecular weight excluding hydrogens is 494 g/mol. The van der Waals surface area contributed by atoms with Crippen molar-refractivity contribution in [2.75, 3.05) is 18.5 Å². The van der Waals surface area contributed by atoms with Gasteiger partial charge in [-0.1, -0.05) is 18.5 Å². The van der Waals surface area contributed by atoms with Crippen LogP contribution in [-0.2, 0) is 9.59 Å². The number of halogens is 5. The summed E-state index contributed by atoms with van der Waals surface area (Å²) in [4.78, 5) is 28.5. The summed E-state index contributed by atoms with van der Waals surface area (Å²) in [5.41, 5.74) is 0.691. The molecule has 0 aliphatic carbocycles. The van der Waals surface area contributed by atoms with Gasteiger partial charge in [-0.3, -0.25) is 14.6 Å². The SMILES string of the molecule is C[C@H]1C(=O)NCC1C(=O)Nc1cc(-c2cc(F)cc(OCC(F)(F)F)c2)n(-c2cncc(Cl)c2)n1. The van der Waals surface area contributed by atoms with Gasteiger partial charge in [0.2, 0.25) is 11.8 Å². The van der Waals surface area contributed by atoms with Gasteiger partial charge >= 0.3 is 6.18 Å². The van der Waals surface area contributed by atoms with Crippen LogP contribution in [0.5, 0.6) is 5.75 Å². The minimum atomic E-state index is -4.61. The first-order valence-electron chi connectivity index (χ1n) is 10.3. The molecule has 1 saturated heterocycles. The van der Waals surface area contributed by atoms with E-state index < -0.39 is 36.3 Å². The van der Waals surface area contributed by atoms with Gasteiger partial charge in [-0.05, 0) is 18.2 Å². The average Bonchev–Trinajstić information content (AvgIpc) is 3.35. The van der Waals surface area contributed by atoms with Crippen molar-refractivity contribution in [3.05, 3.63) is 53.6 Å². The summed E-state index contributed by atoms with van der Waals surface area (Å²) in [6, 6.07) is 6.05. The van der Waals surface area contributed by atoms with Gasteiger partial charge < -0.3 is 15.4 Å². The Hall–Kier alpha value is -3.67. The number of nitrogens with one attached hydrogen (secondary N) is 2. The number of pyridine rings is 1. The third-order valence-electron chi connectivity index (χ3n) is 5.32. The quantitative estimate of drug-likeness (QED) is 0.488. The monoisotopic (exact) mass is 511 g/mol. The molecule has 184 valence electrons. The largest absolute Gasteiger partial charge is 0.484 e. The molecule has 2 amide bonds. The van der Waals surface area contributed by atoms with E-state index in [-0.39, 0.29) is 40.3 Å². The first-order valence-corrected chi connectivity index (χ1v) is 10.7. The smallest absolute Gasteiger partial charge is 0.422 e. The molecule has 0 radical (unpaired) electrons. The number of hydrogen-bond donors (Lipinski definition) is 2. The third kappa shape index (κ3) is 5.70. The minimum absolute atomic E-state index is 0.0681. The van der Waals surface area contributed by atoms with E-state index in [0.717, 1.165) is 12.1 Å². The Morgan fingerprint density at radius 2 is 2.03 bits per heavy atom. The number of hydrogen-bond acceptors (Lipinski definition) is 5. The molecule has 1 fully saturated rings. The Morgan fingerprint density at radius 1 is 1.26 bits per heavy atom. The molecule has 13 heteroatoms. The van der Waals surface area contributed by atoms with E-state index >= 15 is 0 Å². The standard InChI is InChI=1S/C22H18ClF4N5O3/c1-11-17(9-29-20(11)33)21(34)30-19-6-18(32(31-19)15-4-13(23)7-28-8-15)12-2-14(24)5-16(3-12)35-10-22(25,26)27/h2-8,11,17H,9-10H2,1H3,(H,29,33)(H,30,31,34)/t11-,17?/m1/s1. The second kappa shape index (κ2) is 9.53. The molecule has 3 heterocycles. The summed E-state index contributed by atoms with van der Waals surface area (Å²) in [7, 11) is 0. The highest BCUT2D eigenvalue weighted by atomic mass is 35.5. The van der Waals surface area contributed by atoms with E-state index in [2.05, 4.69) is 20.7 Å². The molecule has 4 rings (SSSR count). The summed E-state index contributed by atoms with van der Waals surface area (Å²) < 4.78 is 58.0. The molecule has 0 bridgehead atoms. The lowest BCUT2D eigenvalue weighted by molar-refractivity contribution is -0.153. The molecule has 1 aromatic carbocycles. The van der Waals surface area contributed by atoms with Crippen molar-refractivity contribution in [3.63, 3.8) is 0 Å². The van der Waals surface area contributed by atoms with Crippen molar-refractivity contribution in [2.45, 2.75) is 13.1 Å². The Kier molecular flexibility index (Phi) is 6.66. The van der Waals surface area contributed by atoms with Gasteiger partial charge in [0.1, 0.15) is 11.6 Å². The van der Waals surface area contributed by atoms with Crippen LogP contribution in [-0.4, -0.2) is 45.9 Å². The van der Waals surface area contributed by atoms with Gasteiger partial charge in [0, 0.05) is 36.4 Å². The molecule has 1 unspecified atom stereocenters. The lowest BCUT2D eigenvalue weighted by Crippen LogP contribution is -2.28. The molecule has 2 N–H and O–H groups in total. The zero-order valence-corrected chi connectivity index (χ0v) is 18.8. The minimum Gasteiger partial charge on any atom is -0.484 e. The van der Waals surface area contributed by atoms with E-state index in [1.807, 2.05) is 0 Å². The lowest BCUT2D eigenvalue weighted by atomic mass is 9.97. The lowest BCUT2D eigenvalue weighted by Gasteiger charge is -2.12. The van der Waals surface area contributed by atoms with Crippen molar-refractivity contribution < 1.29 is 31.9 Å². The molecular formula is C22H18ClF4N5O3. The number of rotatable bonds is 6. The van der Waals surface area contributed by atoms with E-state index in [0.29, 0.717) is 5.69 Å². The highest BCUT2D eigenvalue weighted by Gasteiger charge is 2.36. The summed E-state index contributed by atoms with van der Waals surface area (Å²) in [6.07, 6.45) is -1.81. The molecule has 0 saturated carbocycles. The first-order chi connectivity index (χ1) is 16.5. The van der Waals surface area contributed by atoms with Crippen molar-refractivity contribution in [2.24, 2.45) is 11.8 Å². The van der Waals surface area contributed by atoms with Crippen LogP contribution in [0.15, 0.2) is 42.7 Å². The maximum Gasteiger partial charge on any atom is 0.422 e. The van der Waals surface area contributed by atoms with Crippen LogP contribution in [0.2, 0.25) is 5.02 Å². The Morgan fingerprint density at radius 3 is 2.69 bits per heavy atom. The van der Waals surface area contributed by atoms with Crippen LogP contribution >= 0.6 is 11.6 Å². The zero-order chi connectivity index (χ0) is 25.3. The van der Waals surface area contributed by atoms with E-state index in [4.69, 9.17) is 16.3 Å².